The fraction of sp³-hybridized carbons (Fsp3) is 0.136. The molecule has 8 rings (SSSR count). The van der Waals surface area contributed by atoms with Crippen LogP contribution in [0.5, 0.6) is 0 Å². The summed E-state index contributed by atoms with van der Waals surface area (Å²) in [6, 6.07) is 46.8. The minimum atomic E-state index is -1.49. The van der Waals surface area contributed by atoms with Crippen molar-refractivity contribution in [2.24, 2.45) is 5.41 Å². The van der Waals surface area contributed by atoms with E-state index in [9.17, 15) is 0 Å². The number of rotatable bonds is 4. The van der Waals surface area contributed by atoms with E-state index in [1.54, 1.807) is 12.3 Å². The number of fused-ring (bicyclic) bond motifs is 5. The third kappa shape index (κ3) is 7.16. The molecule has 0 bridgehead atoms. The number of nitrogens with zero attached hydrogens (tertiary/aromatic N) is 2. The second kappa shape index (κ2) is 14.1. The van der Waals surface area contributed by atoms with E-state index in [4.69, 9.17) is 7.16 Å². The van der Waals surface area contributed by atoms with Gasteiger partial charge in [-0.2, -0.15) is 0 Å². The molecule has 0 saturated carbocycles. The van der Waals surface area contributed by atoms with Crippen LogP contribution in [0.1, 0.15) is 34.6 Å². The molecule has 4 heteroatoms. The SMILES string of the molecule is Cc1ccc(-c2[c-]cccc2)nc1.[2H]C([2H])(c1ccnc(-c2[c-]ccc(-c3cccc4c3ccc3oc5ccccc5c34)c2)c1)C(C)(C)C.[Ir]. The van der Waals surface area contributed by atoms with Crippen molar-refractivity contribution in [3.63, 3.8) is 0 Å². The smallest absolute Gasteiger partial charge is 0.136 e. The summed E-state index contributed by atoms with van der Waals surface area (Å²) in [5.74, 6) is 0. The molecule has 1 radical (unpaired) electrons. The van der Waals surface area contributed by atoms with Crippen molar-refractivity contribution < 1.29 is 27.3 Å². The summed E-state index contributed by atoms with van der Waals surface area (Å²) in [6.07, 6.45) is 2.07. The van der Waals surface area contributed by atoms with Gasteiger partial charge in [-0.15, -0.1) is 71.3 Å². The van der Waals surface area contributed by atoms with Gasteiger partial charge in [0.15, 0.2) is 0 Å². The Balaban J connectivity index is 0.000000260. The zero-order chi connectivity index (χ0) is 34.2. The van der Waals surface area contributed by atoms with Gasteiger partial charge in [0.05, 0.1) is 0 Å². The van der Waals surface area contributed by atoms with Crippen LogP contribution in [0.4, 0.5) is 0 Å². The largest absolute Gasteiger partial charge is 0.456 e. The summed E-state index contributed by atoms with van der Waals surface area (Å²) in [5.41, 5.74) is 8.80. The van der Waals surface area contributed by atoms with E-state index in [2.05, 4.69) is 76.7 Å². The molecule has 0 spiro atoms. The summed E-state index contributed by atoms with van der Waals surface area (Å²) in [7, 11) is 0. The van der Waals surface area contributed by atoms with Gasteiger partial charge in [-0.05, 0) is 70.2 Å². The first-order valence-electron chi connectivity index (χ1n) is 16.8. The van der Waals surface area contributed by atoms with Crippen molar-refractivity contribution in [2.45, 2.75) is 34.1 Å². The molecule has 0 fully saturated rings. The maximum Gasteiger partial charge on any atom is 0.136 e. The van der Waals surface area contributed by atoms with E-state index < -0.39 is 11.8 Å². The van der Waals surface area contributed by atoms with Gasteiger partial charge in [0.1, 0.15) is 11.2 Å². The topological polar surface area (TPSA) is 38.9 Å². The van der Waals surface area contributed by atoms with Crippen molar-refractivity contribution in [3.05, 3.63) is 157 Å². The van der Waals surface area contributed by atoms with E-state index in [1.807, 2.05) is 94.6 Å². The Bertz CT molecular complexity index is 2410. The monoisotopic (exact) mass is 803 g/mol. The Morgan fingerprint density at radius 3 is 2.29 bits per heavy atom. The summed E-state index contributed by atoms with van der Waals surface area (Å²) < 4.78 is 23.5. The average molecular weight is 803 g/mol. The van der Waals surface area contributed by atoms with Crippen LogP contribution >= 0.6 is 0 Å². The third-order valence-corrected chi connectivity index (χ3v) is 7.96. The molecular formula is C44H36IrN2O-2. The zero-order valence-electron chi connectivity index (χ0n) is 29.3. The standard InChI is InChI=1S/C32H26NO.C12H10N.Ir/c1-32(2,3)20-21-16-17-33-28(18-21)23-9-6-8-22(19-23)24-11-7-12-26-25(24)14-15-30-31(26)27-10-4-5-13-29(27)34-30;1-10-7-8-12(13-9-10)11-5-3-2-4-6-11;/h4-8,10-19H,20H2,1-3H3;2-5,7-9H,1H3;/q2*-1;/i20D2;;. The van der Waals surface area contributed by atoms with Gasteiger partial charge < -0.3 is 14.4 Å². The third-order valence-electron chi connectivity index (χ3n) is 7.96. The van der Waals surface area contributed by atoms with Crippen LogP contribution < -0.4 is 0 Å². The molecule has 0 unspecified atom stereocenters. The van der Waals surface area contributed by atoms with Gasteiger partial charge in [-0.3, -0.25) is 0 Å². The average Bonchev–Trinajstić information content (AvgIpc) is 3.51. The minimum Gasteiger partial charge on any atom is -0.456 e. The number of para-hydroxylation sites is 1. The molecule has 0 aliphatic carbocycles. The van der Waals surface area contributed by atoms with E-state index in [0.29, 0.717) is 11.3 Å². The van der Waals surface area contributed by atoms with E-state index in [0.717, 1.165) is 60.7 Å². The molecule has 0 atom stereocenters. The maximum absolute atomic E-state index is 8.68. The van der Waals surface area contributed by atoms with Gasteiger partial charge >= 0.3 is 0 Å². The fourth-order valence-corrected chi connectivity index (χ4v) is 5.88. The zero-order valence-corrected chi connectivity index (χ0v) is 29.7. The second-order valence-electron chi connectivity index (χ2n) is 12.7. The Hall–Kier alpha value is -4.89. The summed E-state index contributed by atoms with van der Waals surface area (Å²) in [5, 5.41) is 4.56. The van der Waals surface area contributed by atoms with Crippen LogP contribution in [0.15, 0.2) is 138 Å². The first-order valence-corrected chi connectivity index (χ1v) is 15.8. The molecule has 0 amide bonds. The van der Waals surface area contributed by atoms with Crippen molar-refractivity contribution in [1.82, 2.24) is 9.97 Å². The van der Waals surface area contributed by atoms with Crippen LogP contribution in [-0.4, -0.2) is 9.97 Å². The van der Waals surface area contributed by atoms with Crippen LogP contribution in [0.2, 0.25) is 0 Å². The van der Waals surface area contributed by atoms with Crippen LogP contribution in [-0.2, 0) is 26.5 Å². The number of furan rings is 1. The molecule has 0 aliphatic heterocycles. The van der Waals surface area contributed by atoms with Gasteiger partial charge in [0.2, 0.25) is 0 Å². The van der Waals surface area contributed by atoms with E-state index in [1.165, 1.54) is 5.56 Å². The molecule has 3 heterocycles. The number of benzene rings is 5. The number of pyridine rings is 2. The van der Waals surface area contributed by atoms with Crippen LogP contribution in [0, 0.1) is 24.5 Å². The number of aromatic nitrogens is 2. The van der Waals surface area contributed by atoms with E-state index in [-0.39, 0.29) is 20.1 Å². The van der Waals surface area contributed by atoms with E-state index >= 15 is 0 Å². The van der Waals surface area contributed by atoms with Crippen LogP contribution in [0.3, 0.4) is 0 Å². The first-order chi connectivity index (χ1) is 23.6. The molecule has 8 aromatic rings. The van der Waals surface area contributed by atoms with Crippen LogP contribution in [0.25, 0.3) is 66.4 Å². The molecule has 0 aliphatic rings. The summed E-state index contributed by atoms with van der Waals surface area (Å²) in [6.45, 7) is 7.78. The Morgan fingerprint density at radius 1 is 0.688 bits per heavy atom. The van der Waals surface area contributed by atoms with Crippen molar-refractivity contribution in [1.29, 1.82) is 0 Å². The molecule has 0 saturated heterocycles. The van der Waals surface area contributed by atoms with Crippen molar-refractivity contribution >= 4 is 32.7 Å². The molecule has 0 N–H and O–H groups in total. The van der Waals surface area contributed by atoms with Gasteiger partial charge in [0, 0.05) is 46.0 Å². The van der Waals surface area contributed by atoms with Gasteiger partial charge in [0.25, 0.3) is 0 Å². The number of aryl methyl sites for hydroxylation is 1. The van der Waals surface area contributed by atoms with Crippen molar-refractivity contribution in [3.8, 4) is 33.6 Å². The molecule has 3 nitrogen and oxygen atoms in total. The number of hydrogen-bond donors (Lipinski definition) is 0. The van der Waals surface area contributed by atoms with Crippen molar-refractivity contribution in [2.75, 3.05) is 0 Å². The molecule has 5 aromatic carbocycles. The molecular weight excluding hydrogens is 765 g/mol. The molecule has 3 aromatic heterocycles. The predicted octanol–water partition coefficient (Wildman–Crippen LogP) is 11.7. The second-order valence-corrected chi connectivity index (χ2v) is 12.7. The summed E-state index contributed by atoms with van der Waals surface area (Å²) in [4.78, 5) is 8.88. The van der Waals surface area contributed by atoms with Gasteiger partial charge in [-0.1, -0.05) is 87.0 Å². The van der Waals surface area contributed by atoms with Gasteiger partial charge in [-0.25, -0.2) is 0 Å². The Labute approximate surface area is 298 Å². The first kappa shape index (κ1) is 30.4. The number of hydrogen-bond acceptors (Lipinski definition) is 3. The Kier molecular flexibility index (Phi) is 8.93. The maximum atomic E-state index is 8.68. The predicted molar refractivity (Wildman–Crippen MR) is 195 cm³/mol. The normalized spacial score (nSPS) is 12.2. The Morgan fingerprint density at radius 2 is 1.50 bits per heavy atom. The summed E-state index contributed by atoms with van der Waals surface area (Å²) >= 11 is 0. The fourth-order valence-electron chi connectivity index (χ4n) is 5.88. The molecule has 48 heavy (non-hydrogen) atoms. The molecule has 239 valence electrons. The quantitative estimate of drug-likeness (QED) is 0.166. The minimum absolute atomic E-state index is 0.